The van der Waals surface area contributed by atoms with Crippen LogP contribution in [0.4, 0.5) is 0 Å². The van der Waals surface area contributed by atoms with E-state index in [4.69, 9.17) is 10.4 Å². The van der Waals surface area contributed by atoms with E-state index in [1.807, 2.05) is 30.4 Å². The highest BCUT2D eigenvalue weighted by molar-refractivity contribution is 5.66. The van der Waals surface area contributed by atoms with E-state index in [-0.39, 0.29) is 12.5 Å². The summed E-state index contributed by atoms with van der Waals surface area (Å²) in [4.78, 5) is 14.7. The fourth-order valence-electron chi connectivity index (χ4n) is 1.99. The number of carbonyl (C=O) groups is 1. The van der Waals surface area contributed by atoms with Crippen molar-refractivity contribution in [1.29, 1.82) is 0 Å². The van der Waals surface area contributed by atoms with E-state index < -0.39 is 5.97 Å². The van der Waals surface area contributed by atoms with E-state index in [9.17, 15) is 4.79 Å². The largest absolute Gasteiger partial charge is 0.481 e. The average Bonchev–Trinajstić information content (AvgIpc) is 2.50. The predicted molar refractivity (Wildman–Crippen MR) is 89.8 cm³/mol. The number of hydrogen-bond acceptors (Lipinski definition) is 3. The first kappa shape index (κ1) is 20.6. The number of unbranched alkanes of at least 4 members (excludes halogenated alkanes) is 5. The Bertz CT molecular complexity index is 345. The minimum absolute atomic E-state index is 0.284. The Kier molecular flexibility index (Phi) is 15.0. The van der Waals surface area contributed by atoms with Gasteiger partial charge < -0.3 is 5.11 Å². The molecule has 0 heterocycles. The minimum atomic E-state index is -0.704. The van der Waals surface area contributed by atoms with Gasteiger partial charge in [-0.15, -0.1) is 0 Å². The van der Waals surface area contributed by atoms with Gasteiger partial charge in [0, 0.05) is 6.42 Å². The molecule has 0 spiro atoms. The number of aliphatic carboxylic acids is 1. The molecule has 0 saturated heterocycles. The molecule has 0 bridgehead atoms. The van der Waals surface area contributed by atoms with Gasteiger partial charge in [-0.2, -0.15) is 0 Å². The summed E-state index contributed by atoms with van der Waals surface area (Å²) >= 11 is 0. The highest BCUT2D eigenvalue weighted by Crippen LogP contribution is 2.08. The minimum Gasteiger partial charge on any atom is -0.481 e. The van der Waals surface area contributed by atoms with Gasteiger partial charge in [0.1, 0.15) is 6.10 Å². The van der Waals surface area contributed by atoms with Crippen molar-refractivity contribution in [3.63, 3.8) is 0 Å². The molecule has 0 unspecified atom stereocenters. The fraction of sp³-hybridized carbons (Fsp3) is 0.611. The first-order valence-electron chi connectivity index (χ1n) is 8.21. The second-order valence-corrected chi connectivity index (χ2v) is 5.27. The molecule has 0 aliphatic heterocycles. The molecule has 0 radical (unpaired) electrons. The van der Waals surface area contributed by atoms with E-state index >= 15 is 0 Å². The van der Waals surface area contributed by atoms with Crippen molar-refractivity contribution in [2.24, 2.45) is 0 Å². The van der Waals surface area contributed by atoms with Crippen molar-refractivity contribution in [2.45, 2.75) is 70.8 Å². The zero-order valence-corrected chi connectivity index (χ0v) is 13.6. The molecule has 22 heavy (non-hydrogen) atoms. The fourth-order valence-corrected chi connectivity index (χ4v) is 1.99. The molecule has 0 rings (SSSR count). The molecule has 0 aromatic carbocycles. The van der Waals surface area contributed by atoms with Crippen LogP contribution in [0.5, 0.6) is 0 Å². The summed E-state index contributed by atoms with van der Waals surface area (Å²) in [7, 11) is 0. The van der Waals surface area contributed by atoms with Crippen LogP contribution in [-0.2, 0) is 9.68 Å². The Morgan fingerprint density at radius 3 is 2.45 bits per heavy atom. The molecule has 0 amide bonds. The number of hydrogen-bond donors (Lipinski definition) is 2. The van der Waals surface area contributed by atoms with Crippen LogP contribution < -0.4 is 0 Å². The summed E-state index contributed by atoms with van der Waals surface area (Å²) in [6.45, 7) is 2.07. The van der Waals surface area contributed by atoms with Crippen LogP contribution in [0.25, 0.3) is 0 Å². The Morgan fingerprint density at radius 1 is 1.05 bits per heavy atom. The Hall–Kier alpha value is -1.39. The second-order valence-electron chi connectivity index (χ2n) is 5.27. The molecule has 4 nitrogen and oxygen atoms in total. The maximum Gasteiger partial charge on any atom is 0.303 e. The normalized spacial score (nSPS) is 13.5. The highest BCUT2D eigenvalue weighted by Gasteiger charge is 1.99. The van der Waals surface area contributed by atoms with Gasteiger partial charge in [0.25, 0.3) is 0 Å². The number of rotatable bonds is 14. The SMILES string of the molecule is CC/C=C\C[C@H](/C=C/C=C\CCCCCCCC(=O)O)OO. The molecule has 1 atom stereocenters. The van der Waals surface area contributed by atoms with E-state index in [0.29, 0.717) is 6.42 Å². The van der Waals surface area contributed by atoms with Crippen LogP contribution in [0.3, 0.4) is 0 Å². The van der Waals surface area contributed by atoms with Gasteiger partial charge in [-0.1, -0.05) is 62.6 Å². The average molecular weight is 310 g/mol. The zero-order valence-electron chi connectivity index (χ0n) is 13.6. The number of carboxylic acid groups (broad SMARTS) is 1. The Balaban J connectivity index is 3.57. The Morgan fingerprint density at radius 2 is 1.77 bits per heavy atom. The lowest BCUT2D eigenvalue weighted by atomic mass is 10.1. The molecule has 126 valence electrons. The van der Waals surface area contributed by atoms with Gasteiger partial charge in [-0.25, -0.2) is 4.89 Å². The second kappa shape index (κ2) is 16.0. The van der Waals surface area contributed by atoms with Crippen molar-refractivity contribution in [3.8, 4) is 0 Å². The van der Waals surface area contributed by atoms with E-state index in [0.717, 1.165) is 44.9 Å². The maximum atomic E-state index is 10.3. The lowest BCUT2D eigenvalue weighted by Gasteiger charge is -2.03. The van der Waals surface area contributed by atoms with Crippen LogP contribution in [0.1, 0.15) is 64.7 Å². The topological polar surface area (TPSA) is 66.8 Å². The van der Waals surface area contributed by atoms with Crippen LogP contribution >= 0.6 is 0 Å². The van der Waals surface area contributed by atoms with Crippen LogP contribution in [0.2, 0.25) is 0 Å². The van der Waals surface area contributed by atoms with Gasteiger partial charge in [0.15, 0.2) is 0 Å². The molecule has 0 aromatic heterocycles. The van der Waals surface area contributed by atoms with Gasteiger partial charge in [-0.05, 0) is 32.1 Å². The molecular formula is C18H30O4. The molecule has 0 aliphatic rings. The summed E-state index contributed by atoms with van der Waals surface area (Å²) < 4.78 is 0. The molecule has 0 fully saturated rings. The monoisotopic (exact) mass is 310 g/mol. The lowest BCUT2D eigenvalue weighted by Crippen LogP contribution is -2.04. The Labute approximate surface area is 134 Å². The van der Waals surface area contributed by atoms with Crippen molar-refractivity contribution < 1.29 is 20.0 Å². The molecule has 2 N–H and O–H groups in total. The van der Waals surface area contributed by atoms with E-state index in [2.05, 4.69) is 17.9 Å². The van der Waals surface area contributed by atoms with Crippen molar-refractivity contribution in [3.05, 3.63) is 36.5 Å². The summed E-state index contributed by atoms with van der Waals surface area (Å²) in [5, 5.41) is 17.3. The zero-order chi connectivity index (χ0) is 16.5. The van der Waals surface area contributed by atoms with Crippen molar-refractivity contribution >= 4 is 5.97 Å². The number of allylic oxidation sites excluding steroid dienone is 4. The summed E-state index contributed by atoms with van der Waals surface area (Å²) in [5.74, 6) is -0.704. The summed E-state index contributed by atoms with van der Waals surface area (Å²) in [6, 6.07) is 0. The van der Waals surface area contributed by atoms with Crippen LogP contribution in [-0.4, -0.2) is 22.4 Å². The molecule has 0 saturated carbocycles. The lowest BCUT2D eigenvalue weighted by molar-refractivity contribution is -0.264. The summed E-state index contributed by atoms with van der Waals surface area (Å²) in [5.41, 5.74) is 0. The highest BCUT2D eigenvalue weighted by atomic mass is 17.1. The molecule has 4 heteroatoms. The molecule has 0 aliphatic carbocycles. The third kappa shape index (κ3) is 15.0. The third-order valence-corrected chi connectivity index (χ3v) is 3.24. The van der Waals surface area contributed by atoms with Gasteiger partial charge in [0.2, 0.25) is 0 Å². The standard InChI is InChI=1S/C18H30O4/c1-2-3-11-14-17(22-21)15-12-9-7-5-4-6-8-10-13-16-18(19)20/h3,7,9,11-12,15,17,21H,2,4-6,8,10,13-14,16H2,1H3,(H,19,20)/b9-7-,11-3-,15-12+/t17-/m1/s1. The van der Waals surface area contributed by atoms with E-state index in [1.165, 1.54) is 0 Å². The quantitative estimate of drug-likeness (QED) is 0.153. The predicted octanol–water partition coefficient (Wildman–Crippen LogP) is 5.13. The maximum absolute atomic E-state index is 10.3. The third-order valence-electron chi connectivity index (χ3n) is 3.24. The van der Waals surface area contributed by atoms with Gasteiger partial charge in [0.05, 0.1) is 0 Å². The number of carboxylic acids is 1. The van der Waals surface area contributed by atoms with Crippen molar-refractivity contribution in [2.75, 3.05) is 0 Å². The molecule has 0 aromatic rings. The van der Waals surface area contributed by atoms with E-state index in [1.54, 1.807) is 0 Å². The first-order chi connectivity index (χ1) is 10.7. The van der Waals surface area contributed by atoms with Gasteiger partial charge in [-0.3, -0.25) is 10.1 Å². The van der Waals surface area contributed by atoms with Gasteiger partial charge >= 0.3 is 5.97 Å². The van der Waals surface area contributed by atoms with Crippen molar-refractivity contribution in [1.82, 2.24) is 0 Å². The molecular weight excluding hydrogens is 280 g/mol. The van der Waals surface area contributed by atoms with Crippen LogP contribution in [0.15, 0.2) is 36.5 Å². The summed E-state index contributed by atoms with van der Waals surface area (Å²) in [6.07, 6.45) is 19.7. The van der Waals surface area contributed by atoms with Crippen LogP contribution in [0, 0.1) is 0 Å². The smallest absolute Gasteiger partial charge is 0.303 e. The first-order valence-corrected chi connectivity index (χ1v) is 8.21.